The summed E-state index contributed by atoms with van der Waals surface area (Å²) in [6.07, 6.45) is 4.78. The Balaban J connectivity index is 1.59. The fourth-order valence-corrected chi connectivity index (χ4v) is 5.05. The van der Waals surface area contributed by atoms with Gasteiger partial charge in [0.2, 0.25) is 11.8 Å². The Bertz CT molecular complexity index is 529. The van der Waals surface area contributed by atoms with Crippen LogP contribution in [0.4, 0.5) is 0 Å². The molecule has 7 nitrogen and oxygen atoms in total. The molecule has 0 aromatic carbocycles. The van der Waals surface area contributed by atoms with Crippen LogP contribution in [0, 0.1) is 11.3 Å². The lowest BCUT2D eigenvalue weighted by molar-refractivity contribution is -0.155. The zero-order valence-electron chi connectivity index (χ0n) is 14.4. The van der Waals surface area contributed by atoms with Gasteiger partial charge >= 0.3 is 5.97 Å². The molecule has 2 N–H and O–H groups in total. The number of amides is 2. The van der Waals surface area contributed by atoms with E-state index in [0.717, 1.165) is 25.7 Å². The molecule has 3 rings (SSSR count). The molecule has 2 saturated heterocycles. The van der Waals surface area contributed by atoms with Crippen LogP contribution in [0.5, 0.6) is 0 Å². The number of aliphatic carboxylic acids is 1. The van der Waals surface area contributed by atoms with Crippen LogP contribution >= 0.6 is 11.8 Å². The highest BCUT2D eigenvalue weighted by Gasteiger charge is 2.43. The highest BCUT2D eigenvalue weighted by Crippen LogP contribution is 2.32. The molecule has 3 fully saturated rings. The number of carbonyl (C=O) groups excluding carboxylic acids is 2. The van der Waals surface area contributed by atoms with Gasteiger partial charge in [0.1, 0.15) is 6.04 Å². The van der Waals surface area contributed by atoms with Crippen molar-refractivity contribution in [2.45, 2.75) is 44.6 Å². The highest BCUT2D eigenvalue weighted by atomic mass is 32.2. The third-order valence-electron chi connectivity index (χ3n) is 5.68. The van der Waals surface area contributed by atoms with Crippen LogP contribution in [-0.2, 0) is 19.1 Å². The van der Waals surface area contributed by atoms with Crippen molar-refractivity contribution in [2.75, 3.05) is 31.4 Å². The number of nitrogens with one attached hydrogen (secondary N) is 1. The topological polar surface area (TPSA) is 95.9 Å². The minimum absolute atomic E-state index is 0.0508. The zero-order chi connectivity index (χ0) is 17.9. The third kappa shape index (κ3) is 3.95. The maximum atomic E-state index is 12.7. The summed E-state index contributed by atoms with van der Waals surface area (Å²) >= 11 is 1.58. The molecule has 2 heterocycles. The Labute approximate surface area is 151 Å². The number of carbonyl (C=O) groups is 3. The summed E-state index contributed by atoms with van der Waals surface area (Å²) in [6.45, 7) is 0.888. The first-order valence-corrected chi connectivity index (χ1v) is 10.2. The lowest BCUT2D eigenvalue weighted by Crippen LogP contribution is -2.53. The molecule has 0 bridgehead atoms. The number of carboxylic acid groups (broad SMARTS) is 1. The molecule has 0 radical (unpaired) electrons. The van der Waals surface area contributed by atoms with Crippen molar-refractivity contribution in [3.05, 3.63) is 0 Å². The second kappa shape index (κ2) is 7.95. The second-order valence-corrected chi connectivity index (χ2v) is 8.22. The van der Waals surface area contributed by atoms with Gasteiger partial charge in [0.05, 0.1) is 11.3 Å². The van der Waals surface area contributed by atoms with Gasteiger partial charge in [-0.3, -0.25) is 14.4 Å². The first-order valence-electron chi connectivity index (χ1n) is 9.01. The maximum Gasteiger partial charge on any atom is 0.311 e. The Morgan fingerprint density at radius 2 is 1.88 bits per heavy atom. The van der Waals surface area contributed by atoms with Gasteiger partial charge < -0.3 is 20.1 Å². The van der Waals surface area contributed by atoms with Gasteiger partial charge in [0.25, 0.3) is 0 Å². The van der Waals surface area contributed by atoms with Crippen LogP contribution in [0.2, 0.25) is 0 Å². The fraction of sp³-hybridized carbons (Fsp3) is 0.824. The summed E-state index contributed by atoms with van der Waals surface area (Å²) in [4.78, 5) is 38.7. The molecule has 25 heavy (non-hydrogen) atoms. The molecule has 8 heteroatoms. The molecule has 1 saturated carbocycles. The molecule has 3 aliphatic rings. The predicted octanol–water partition coefficient (Wildman–Crippen LogP) is 1.08. The monoisotopic (exact) mass is 370 g/mol. The number of carboxylic acids is 1. The highest BCUT2D eigenvalue weighted by molar-refractivity contribution is 7.99. The van der Waals surface area contributed by atoms with Crippen molar-refractivity contribution in [3.8, 4) is 0 Å². The molecule has 1 unspecified atom stereocenters. The molecule has 2 aliphatic heterocycles. The molecule has 2 amide bonds. The summed E-state index contributed by atoms with van der Waals surface area (Å²) in [5.74, 6) is 0.134. The Hall–Kier alpha value is -1.28. The van der Waals surface area contributed by atoms with Crippen LogP contribution in [0.15, 0.2) is 0 Å². The van der Waals surface area contributed by atoms with E-state index in [1.54, 1.807) is 16.7 Å². The lowest BCUT2D eigenvalue weighted by atomic mass is 9.80. The van der Waals surface area contributed by atoms with Gasteiger partial charge in [-0.1, -0.05) is 12.8 Å². The van der Waals surface area contributed by atoms with Crippen LogP contribution in [-0.4, -0.2) is 65.2 Å². The largest absolute Gasteiger partial charge is 0.481 e. The van der Waals surface area contributed by atoms with Crippen molar-refractivity contribution in [2.24, 2.45) is 11.3 Å². The Morgan fingerprint density at radius 1 is 1.20 bits per heavy atom. The molecule has 0 spiro atoms. The van der Waals surface area contributed by atoms with Crippen LogP contribution in [0.25, 0.3) is 0 Å². The summed E-state index contributed by atoms with van der Waals surface area (Å²) in [7, 11) is 0. The van der Waals surface area contributed by atoms with E-state index in [9.17, 15) is 19.5 Å². The van der Waals surface area contributed by atoms with E-state index < -0.39 is 17.4 Å². The maximum absolute atomic E-state index is 12.7. The van der Waals surface area contributed by atoms with Crippen molar-refractivity contribution >= 4 is 29.5 Å². The minimum atomic E-state index is -0.958. The number of hydrogen-bond acceptors (Lipinski definition) is 5. The van der Waals surface area contributed by atoms with Crippen LogP contribution < -0.4 is 5.32 Å². The van der Waals surface area contributed by atoms with Gasteiger partial charge in [0.15, 0.2) is 0 Å². The van der Waals surface area contributed by atoms with Crippen molar-refractivity contribution in [3.63, 3.8) is 0 Å². The molecule has 1 aliphatic carbocycles. The van der Waals surface area contributed by atoms with E-state index in [4.69, 9.17) is 4.74 Å². The summed E-state index contributed by atoms with van der Waals surface area (Å²) in [5, 5.41) is 12.4. The van der Waals surface area contributed by atoms with E-state index in [0.29, 0.717) is 37.7 Å². The van der Waals surface area contributed by atoms with Crippen LogP contribution in [0.1, 0.15) is 38.5 Å². The summed E-state index contributed by atoms with van der Waals surface area (Å²) in [6, 6.07) is -0.483. The van der Waals surface area contributed by atoms with E-state index >= 15 is 0 Å². The Kier molecular flexibility index (Phi) is 5.89. The average Bonchev–Trinajstić information content (AvgIpc) is 3.31. The molecular formula is C17H26N2O5S. The fourth-order valence-electron chi connectivity index (χ4n) is 3.89. The molecule has 0 aromatic heterocycles. The number of nitrogens with zero attached hydrogens (tertiary/aromatic N) is 1. The van der Waals surface area contributed by atoms with Gasteiger partial charge in [-0.15, -0.1) is 11.8 Å². The standard InChI is InChI=1S/C17H26N2O5S/c20-14(18-10-17(16(22)23)5-7-24-8-6-17)13-9-25-11-19(13)15(21)12-3-1-2-4-12/h12-13H,1-11H2,(H,18,20)(H,22,23). The van der Waals surface area contributed by atoms with Crippen molar-refractivity contribution in [1.82, 2.24) is 10.2 Å². The quantitative estimate of drug-likeness (QED) is 0.752. The lowest BCUT2D eigenvalue weighted by Gasteiger charge is -2.34. The van der Waals surface area contributed by atoms with E-state index in [1.807, 2.05) is 0 Å². The summed E-state index contributed by atoms with van der Waals surface area (Å²) < 4.78 is 5.25. The van der Waals surface area contributed by atoms with Crippen LogP contribution in [0.3, 0.4) is 0 Å². The first kappa shape index (κ1) is 18.5. The molecular weight excluding hydrogens is 344 g/mol. The smallest absolute Gasteiger partial charge is 0.311 e. The first-order chi connectivity index (χ1) is 12.0. The zero-order valence-corrected chi connectivity index (χ0v) is 15.2. The predicted molar refractivity (Wildman–Crippen MR) is 93.0 cm³/mol. The number of ether oxygens (including phenoxy) is 1. The number of hydrogen-bond donors (Lipinski definition) is 2. The van der Waals surface area contributed by atoms with E-state index in [-0.39, 0.29) is 24.3 Å². The van der Waals surface area contributed by atoms with Gasteiger partial charge in [-0.05, 0) is 25.7 Å². The number of thioether (sulfide) groups is 1. The normalized spacial score (nSPS) is 26.6. The molecule has 140 valence electrons. The Morgan fingerprint density at radius 3 is 2.52 bits per heavy atom. The van der Waals surface area contributed by atoms with Gasteiger partial charge in [-0.25, -0.2) is 0 Å². The van der Waals surface area contributed by atoms with Crippen molar-refractivity contribution in [1.29, 1.82) is 0 Å². The van der Waals surface area contributed by atoms with Gasteiger partial charge in [0, 0.05) is 31.4 Å². The van der Waals surface area contributed by atoms with E-state index in [1.165, 1.54) is 0 Å². The van der Waals surface area contributed by atoms with Gasteiger partial charge in [-0.2, -0.15) is 0 Å². The third-order valence-corrected chi connectivity index (χ3v) is 6.69. The van der Waals surface area contributed by atoms with E-state index in [2.05, 4.69) is 5.32 Å². The molecule has 0 aromatic rings. The van der Waals surface area contributed by atoms with Crippen molar-refractivity contribution < 1.29 is 24.2 Å². The SMILES string of the molecule is O=C(NCC1(C(=O)O)CCOCC1)C1CSCN1C(=O)C1CCCC1. The second-order valence-electron chi connectivity index (χ2n) is 7.22. The minimum Gasteiger partial charge on any atom is -0.481 e. The average molecular weight is 370 g/mol. The summed E-state index contributed by atoms with van der Waals surface area (Å²) in [5.41, 5.74) is -0.958. The molecule has 1 atom stereocenters. The number of rotatable bonds is 5.